The molecule has 3 fully saturated rings. The highest BCUT2D eigenvalue weighted by Crippen LogP contribution is 2.65. The fraction of sp³-hybridized carbons (Fsp3) is 0.545. The molecule has 5 rings (SSSR count). The molecule has 5 unspecified atom stereocenters. The number of carbonyl (C=O) groups excluding carboxylic acids is 2. The summed E-state index contributed by atoms with van der Waals surface area (Å²) in [5.41, 5.74) is 0.0773. The third-order valence-corrected chi connectivity index (χ3v) is 7.43. The van der Waals surface area contributed by atoms with Gasteiger partial charge >= 0.3 is 12.0 Å². The Hall–Kier alpha value is -3.41. The van der Waals surface area contributed by atoms with Gasteiger partial charge in [-0.15, -0.1) is 0 Å². The number of halogens is 1. The number of nitro groups is 1. The molecule has 2 amide bonds. The minimum Gasteiger partial charge on any atom is -0.442 e. The van der Waals surface area contributed by atoms with E-state index >= 15 is 4.39 Å². The summed E-state index contributed by atoms with van der Waals surface area (Å²) >= 11 is 0. The number of rotatable bonds is 7. The standard InChI is InChI=1S/C22H26FN5O6/c1-12(29)25-8-14-10-27(21(30)33-14)13-3-4-15(17(23)7-13)22-11-24-9-16(22)20(22)26(2)18-5-6-19(34-18)28(31)32/h3,5-7,14-16,20,24H,4,8-11H2,1-2H3,(H,25,29). The molecule has 0 bridgehead atoms. The third-order valence-electron chi connectivity index (χ3n) is 7.43. The Kier molecular flexibility index (Phi) is 5.34. The number of nitrogens with zero attached hydrogens (tertiary/aromatic N) is 3. The number of cyclic esters (lactones) is 1. The van der Waals surface area contributed by atoms with E-state index in [2.05, 4.69) is 10.6 Å². The van der Waals surface area contributed by atoms with Crippen molar-refractivity contribution in [2.24, 2.45) is 17.3 Å². The van der Waals surface area contributed by atoms with Crippen molar-refractivity contribution < 1.29 is 28.1 Å². The summed E-state index contributed by atoms with van der Waals surface area (Å²) in [5.74, 6) is -0.683. The summed E-state index contributed by atoms with van der Waals surface area (Å²) < 4.78 is 26.2. The van der Waals surface area contributed by atoms with Crippen LogP contribution in [0.4, 0.5) is 21.0 Å². The lowest BCUT2D eigenvalue weighted by molar-refractivity contribution is -0.401. The Labute approximate surface area is 194 Å². The monoisotopic (exact) mass is 475 g/mol. The average molecular weight is 475 g/mol. The number of anilines is 1. The van der Waals surface area contributed by atoms with Crippen molar-refractivity contribution in [2.75, 3.05) is 38.1 Å². The van der Waals surface area contributed by atoms with Gasteiger partial charge in [0.15, 0.2) is 0 Å². The van der Waals surface area contributed by atoms with Gasteiger partial charge in [0.2, 0.25) is 11.8 Å². The third kappa shape index (κ3) is 3.52. The number of hydrogen-bond acceptors (Lipinski definition) is 8. The number of fused-ring (bicyclic) bond motifs is 1. The summed E-state index contributed by atoms with van der Waals surface area (Å²) in [6.07, 6.45) is 2.61. The molecular formula is C22H26FN5O6. The Balaban J connectivity index is 1.30. The lowest BCUT2D eigenvalue weighted by atomic mass is 9.81. The van der Waals surface area contributed by atoms with Crippen molar-refractivity contribution >= 4 is 23.8 Å². The fourth-order valence-electron chi connectivity index (χ4n) is 5.87. The number of furan rings is 1. The molecule has 2 N–H and O–H groups in total. The molecule has 1 aromatic heterocycles. The van der Waals surface area contributed by atoms with Gasteiger partial charge in [-0.2, -0.15) is 0 Å². The number of piperidine rings is 1. The predicted molar refractivity (Wildman–Crippen MR) is 117 cm³/mol. The van der Waals surface area contributed by atoms with Crippen LogP contribution in [0.2, 0.25) is 0 Å². The van der Waals surface area contributed by atoms with Gasteiger partial charge in [0.05, 0.1) is 19.2 Å². The van der Waals surface area contributed by atoms with Crippen LogP contribution in [0.25, 0.3) is 0 Å². The lowest BCUT2D eigenvalue weighted by Gasteiger charge is -2.31. The molecular weight excluding hydrogens is 449 g/mol. The summed E-state index contributed by atoms with van der Waals surface area (Å²) in [4.78, 5) is 37.1. The maximum absolute atomic E-state index is 15.5. The first-order valence-electron chi connectivity index (χ1n) is 11.2. The van der Waals surface area contributed by atoms with E-state index < -0.39 is 17.1 Å². The molecule has 0 radical (unpaired) electrons. The van der Waals surface area contributed by atoms with Crippen molar-refractivity contribution in [3.8, 4) is 0 Å². The van der Waals surface area contributed by atoms with Crippen molar-refractivity contribution in [1.82, 2.24) is 15.5 Å². The van der Waals surface area contributed by atoms with Gasteiger partial charge in [-0.1, -0.05) is 6.08 Å². The zero-order valence-electron chi connectivity index (χ0n) is 18.8. The SMILES string of the molecule is CC(=O)NCC1CN(C2=CCC(C34CNCC3C4N(C)c3ccc([N+](=O)[O-])o3)C(F)=C2)C(=O)O1. The zero-order valence-corrected chi connectivity index (χ0v) is 18.8. The summed E-state index contributed by atoms with van der Waals surface area (Å²) in [6.45, 7) is 3.17. The van der Waals surface area contributed by atoms with E-state index in [9.17, 15) is 19.7 Å². The molecule has 0 aromatic carbocycles. The number of nitrogens with one attached hydrogen (secondary N) is 2. The number of allylic oxidation sites excluding steroid dienone is 3. The minimum atomic E-state index is -0.581. The van der Waals surface area contributed by atoms with Gasteiger partial charge in [0.1, 0.15) is 16.9 Å². The second kappa shape index (κ2) is 8.12. The fourth-order valence-corrected chi connectivity index (χ4v) is 5.87. The van der Waals surface area contributed by atoms with Gasteiger partial charge in [0, 0.05) is 62.1 Å². The van der Waals surface area contributed by atoms with Crippen LogP contribution in [0.5, 0.6) is 0 Å². The number of carbonyl (C=O) groups is 2. The first-order chi connectivity index (χ1) is 16.2. The minimum absolute atomic E-state index is 0.0302. The summed E-state index contributed by atoms with van der Waals surface area (Å²) in [6, 6.07) is 2.85. The van der Waals surface area contributed by atoms with Gasteiger partial charge in [-0.05, 0) is 12.5 Å². The van der Waals surface area contributed by atoms with E-state index in [0.29, 0.717) is 24.5 Å². The molecule has 3 heterocycles. The van der Waals surface area contributed by atoms with Crippen LogP contribution in [0.15, 0.2) is 40.2 Å². The van der Waals surface area contributed by atoms with Crippen LogP contribution in [-0.4, -0.2) is 67.2 Å². The Morgan fingerprint density at radius 3 is 2.94 bits per heavy atom. The van der Waals surface area contributed by atoms with E-state index in [1.165, 1.54) is 24.0 Å². The van der Waals surface area contributed by atoms with Crippen LogP contribution in [0, 0.1) is 27.4 Å². The van der Waals surface area contributed by atoms with E-state index in [1.54, 1.807) is 6.07 Å². The molecule has 182 valence electrons. The first-order valence-corrected chi connectivity index (χ1v) is 11.2. The van der Waals surface area contributed by atoms with Crippen LogP contribution in [0.3, 0.4) is 0 Å². The molecule has 2 saturated heterocycles. The molecule has 2 aliphatic carbocycles. The second-order valence-corrected chi connectivity index (χ2v) is 9.27. The van der Waals surface area contributed by atoms with Crippen LogP contribution in [0.1, 0.15) is 13.3 Å². The van der Waals surface area contributed by atoms with E-state index in [4.69, 9.17) is 9.15 Å². The Bertz CT molecular complexity index is 1100. The molecule has 0 spiro atoms. The highest BCUT2D eigenvalue weighted by Gasteiger charge is 2.72. The number of ether oxygens (including phenoxy) is 1. The largest absolute Gasteiger partial charge is 0.442 e. The molecule has 5 atom stereocenters. The molecule has 4 aliphatic rings. The summed E-state index contributed by atoms with van der Waals surface area (Å²) in [5, 5.41) is 17.0. The second-order valence-electron chi connectivity index (χ2n) is 9.27. The van der Waals surface area contributed by atoms with Crippen LogP contribution < -0.4 is 15.5 Å². The zero-order chi connectivity index (χ0) is 24.2. The van der Waals surface area contributed by atoms with E-state index in [1.807, 2.05) is 18.0 Å². The molecule has 2 aliphatic heterocycles. The molecule has 34 heavy (non-hydrogen) atoms. The normalized spacial score (nSPS) is 32.0. The Morgan fingerprint density at radius 1 is 1.47 bits per heavy atom. The van der Waals surface area contributed by atoms with Crippen LogP contribution in [-0.2, 0) is 9.53 Å². The molecule has 1 aromatic rings. The quantitative estimate of drug-likeness (QED) is 0.452. The van der Waals surface area contributed by atoms with Crippen LogP contribution >= 0.6 is 0 Å². The lowest BCUT2D eigenvalue weighted by Crippen LogP contribution is -2.37. The van der Waals surface area contributed by atoms with Crippen molar-refractivity contribution in [3.63, 3.8) is 0 Å². The number of amides is 2. The van der Waals surface area contributed by atoms with Gasteiger partial charge in [0.25, 0.3) is 0 Å². The van der Waals surface area contributed by atoms with E-state index in [0.717, 1.165) is 6.54 Å². The topological polar surface area (TPSA) is 130 Å². The molecule has 1 saturated carbocycles. The predicted octanol–water partition coefficient (Wildman–Crippen LogP) is 1.93. The maximum atomic E-state index is 15.5. The van der Waals surface area contributed by atoms with Gasteiger partial charge < -0.3 is 24.7 Å². The maximum Gasteiger partial charge on any atom is 0.434 e. The number of hydrogen-bond donors (Lipinski definition) is 2. The van der Waals surface area contributed by atoms with Gasteiger partial charge in [-0.25, -0.2) is 9.18 Å². The smallest absolute Gasteiger partial charge is 0.434 e. The van der Waals surface area contributed by atoms with Crippen molar-refractivity contribution in [2.45, 2.75) is 25.5 Å². The van der Waals surface area contributed by atoms with Crippen molar-refractivity contribution in [3.05, 3.63) is 45.9 Å². The highest BCUT2D eigenvalue weighted by atomic mass is 19.1. The van der Waals surface area contributed by atoms with Crippen molar-refractivity contribution in [1.29, 1.82) is 0 Å². The Morgan fingerprint density at radius 2 is 2.26 bits per heavy atom. The van der Waals surface area contributed by atoms with Gasteiger partial charge in [-0.3, -0.25) is 19.8 Å². The van der Waals surface area contributed by atoms with E-state index in [-0.39, 0.29) is 54.0 Å². The molecule has 12 heteroatoms. The first kappa shape index (κ1) is 22.4. The summed E-state index contributed by atoms with van der Waals surface area (Å²) in [7, 11) is 1.81. The molecule has 11 nitrogen and oxygen atoms in total. The average Bonchev–Trinajstić information content (AvgIpc) is 3.26. The highest BCUT2D eigenvalue weighted by molar-refractivity contribution is 5.74.